The third-order valence-electron chi connectivity index (χ3n) is 4.24. The number of carbonyl (C=O) groups is 4. The number of cyclic esters (lactones) is 1. The molecule has 0 aliphatic carbocycles. The van der Waals surface area contributed by atoms with E-state index in [4.69, 9.17) is 9.47 Å². The summed E-state index contributed by atoms with van der Waals surface area (Å²) in [6, 6.07) is 13.8. The standard InChI is InChI=1S/C21H19NO7/c1-2-27-21(26)22-18(23)12-28-19(24)14-8-9-16-15(10-14)11-17(29-20(16)25)13-6-4-3-5-7-13/h3-10,17H,2,11-12H2,1H3,(H,22,23,26). The Morgan fingerprint density at radius 1 is 1.10 bits per heavy atom. The van der Waals surface area contributed by atoms with Gasteiger partial charge in [-0.3, -0.25) is 10.1 Å². The number of benzene rings is 2. The first-order chi connectivity index (χ1) is 14.0. The van der Waals surface area contributed by atoms with Gasteiger partial charge < -0.3 is 14.2 Å². The van der Waals surface area contributed by atoms with E-state index in [1.807, 2.05) is 35.6 Å². The highest BCUT2D eigenvalue weighted by Gasteiger charge is 2.28. The van der Waals surface area contributed by atoms with Crippen LogP contribution in [0.15, 0.2) is 48.5 Å². The first-order valence-corrected chi connectivity index (χ1v) is 9.00. The number of fused-ring (bicyclic) bond motifs is 1. The van der Waals surface area contributed by atoms with Gasteiger partial charge in [0.1, 0.15) is 6.10 Å². The second-order valence-electron chi connectivity index (χ2n) is 6.23. The Morgan fingerprint density at radius 3 is 2.59 bits per heavy atom. The van der Waals surface area contributed by atoms with Crippen LogP contribution >= 0.6 is 0 Å². The molecular weight excluding hydrogens is 378 g/mol. The van der Waals surface area contributed by atoms with Gasteiger partial charge in [0.2, 0.25) is 0 Å². The van der Waals surface area contributed by atoms with E-state index in [0.29, 0.717) is 17.5 Å². The van der Waals surface area contributed by atoms with Crippen molar-refractivity contribution in [3.8, 4) is 0 Å². The predicted octanol–water partition coefficient (Wildman–Crippen LogP) is 2.57. The van der Waals surface area contributed by atoms with Crippen molar-refractivity contribution >= 4 is 23.9 Å². The van der Waals surface area contributed by atoms with Crippen LogP contribution in [0.25, 0.3) is 0 Å². The molecule has 0 fully saturated rings. The van der Waals surface area contributed by atoms with E-state index in [1.165, 1.54) is 12.1 Å². The Balaban J connectivity index is 1.66. The molecule has 1 atom stereocenters. The van der Waals surface area contributed by atoms with Crippen LogP contribution in [-0.2, 0) is 25.4 Å². The summed E-state index contributed by atoms with van der Waals surface area (Å²) in [6.07, 6.45) is -0.944. The highest BCUT2D eigenvalue weighted by atomic mass is 16.6. The van der Waals surface area contributed by atoms with Crippen molar-refractivity contribution in [2.45, 2.75) is 19.4 Å². The van der Waals surface area contributed by atoms with Crippen LogP contribution in [0.2, 0.25) is 0 Å². The zero-order valence-electron chi connectivity index (χ0n) is 15.7. The van der Waals surface area contributed by atoms with Gasteiger partial charge in [0.15, 0.2) is 6.61 Å². The van der Waals surface area contributed by atoms with E-state index in [-0.39, 0.29) is 12.2 Å². The minimum absolute atomic E-state index is 0.112. The van der Waals surface area contributed by atoms with E-state index in [9.17, 15) is 19.2 Å². The molecule has 0 aromatic heterocycles. The van der Waals surface area contributed by atoms with Gasteiger partial charge in [-0.15, -0.1) is 0 Å². The lowest BCUT2D eigenvalue weighted by Crippen LogP contribution is -2.34. The Labute approximate surface area is 166 Å². The van der Waals surface area contributed by atoms with E-state index in [0.717, 1.165) is 5.56 Å². The molecule has 29 heavy (non-hydrogen) atoms. The number of ether oxygens (including phenoxy) is 3. The minimum atomic E-state index is -0.909. The second-order valence-corrected chi connectivity index (χ2v) is 6.23. The molecule has 0 saturated carbocycles. The van der Waals surface area contributed by atoms with Crippen molar-refractivity contribution in [2.75, 3.05) is 13.2 Å². The van der Waals surface area contributed by atoms with Gasteiger partial charge >= 0.3 is 18.0 Å². The summed E-state index contributed by atoms with van der Waals surface area (Å²) in [5.41, 5.74) is 2.08. The molecule has 0 bridgehead atoms. The van der Waals surface area contributed by atoms with Crippen LogP contribution in [0.3, 0.4) is 0 Å². The fourth-order valence-electron chi connectivity index (χ4n) is 2.91. The molecule has 8 heteroatoms. The number of hydrogen-bond acceptors (Lipinski definition) is 7. The Hall–Kier alpha value is -3.68. The monoisotopic (exact) mass is 397 g/mol. The zero-order valence-corrected chi connectivity index (χ0v) is 15.7. The van der Waals surface area contributed by atoms with Gasteiger partial charge in [0, 0.05) is 6.42 Å². The van der Waals surface area contributed by atoms with E-state index in [2.05, 4.69) is 4.74 Å². The average Bonchev–Trinajstić information content (AvgIpc) is 2.72. The molecule has 1 unspecified atom stereocenters. The summed E-state index contributed by atoms with van der Waals surface area (Å²) in [6.45, 7) is 1.07. The van der Waals surface area contributed by atoms with Crippen molar-refractivity contribution in [1.29, 1.82) is 0 Å². The zero-order chi connectivity index (χ0) is 20.8. The quantitative estimate of drug-likeness (QED) is 0.610. The van der Waals surface area contributed by atoms with Crippen molar-refractivity contribution in [3.63, 3.8) is 0 Å². The van der Waals surface area contributed by atoms with Gasteiger partial charge in [-0.2, -0.15) is 0 Å². The van der Waals surface area contributed by atoms with Crippen LogP contribution in [0.4, 0.5) is 4.79 Å². The van der Waals surface area contributed by atoms with Gasteiger partial charge in [-0.25, -0.2) is 14.4 Å². The number of nitrogens with one attached hydrogen (secondary N) is 1. The summed E-state index contributed by atoms with van der Waals surface area (Å²) < 4.78 is 15.0. The molecule has 2 amide bonds. The minimum Gasteiger partial charge on any atom is -0.454 e. The molecule has 3 rings (SSSR count). The summed E-state index contributed by atoms with van der Waals surface area (Å²) in [4.78, 5) is 47.3. The molecule has 1 aliphatic heterocycles. The molecule has 1 aliphatic rings. The molecule has 150 valence electrons. The van der Waals surface area contributed by atoms with Crippen LogP contribution in [0.1, 0.15) is 44.9 Å². The predicted molar refractivity (Wildman–Crippen MR) is 100 cm³/mol. The lowest BCUT2D eigenvalue weighted by Gasteiger charge is -2.25. The molecule has 1 N–H and O–H groups in total. The SMILES string of the molecule is CCOC(=O)NC(=O)COC(=O)c1ccc2c(c1)CC(c1ccccc1)OC2=O. The van der Waals surface area contributed by atoms with E-state index >= 15 is 0 Å². The maximum Gasteiger partial charge on any atom is 0.413 e. The molecule has 0 spiro atoms. The van der Waals surface area contributed by atoms with E-state index < -0.39 is 36.6 Å². The maximum atomic E-state index is 12.3. The number of rotatable bonds is 5. The Bertz CT molecular complexity index is 939. The number of imide groups is 1. The van der Waals surface area contributed by atoms with Gasteiger partial charge in [-0.1, -0.05) is 30.3 Å². The molecule has 2 aromatic carbocycles. The van der Waals surface area contributed by atoms with Crippen molar-refractivity contribution in [3.05, 3.63) is 70.8 Å². The fraction of sp³-hybridized carbons (Fsp3) is 0.238. The number of amides is 2. The smallest absolute Gasteiger partial charge is 0.413 e. The third-order valence-corrected chi connectivity index (χ3v) is 4.24. The highest BCUT2D eigenvalue weighted by Crippen LogP contribution is 2.31. The normalized spacial score (nSPS) is 14.9. The largest absolute Gasteiger partial charge is 0.454 e. The van der Waals surface area contributed by atoms with Crippen LogP contribution in [-0.4, -0.2) is 37.2 Å². The maximum absolute atomic E-state index is 12.3. The molecule has 0 radical (unpaired) electrons. The summed E-state index contributed by atoms with van der Waals surface area (Å²) >= 11 is 0. The lowest BCUT2D eigenvalue weighted by atomic mass is 9.93. The summed E-state index contributed by atoms with van der Waals surface area (Å²) in [5.74, 6) is -2.02. The number of carbonyl (C=O) groups excluding carboxylic acids is 4. The van der Waals surface area contributed by atoms with Crippen LogP contribution < -0.4 is 5.32 Å². The van der Waals surface area contributed by atoms with Crippen molar-refractivity contribution in [2.24, 2.45) is 0 Å². The van der Waals surface area contributed by atoms with Gasteiger partial charge in [-0.05, 0) is 36.2 Å². The third kappa shape index (κ3) is 4.98. The summed E-state index contributed by atoms with van der Waals surface area (Å²) in [5, 5.41) is 1.93. The van der Waals surface area contributed by atoms with Crippen LogP contribution in [0, 0.1) is 0 Å². The van der Waals surface area contributed by atoms with Crippen LogP contribution in [0.5, 0.6) is 0 Å². The van der Waals surface area contributed by atoms with Crippen molar-refractivity contribution < 1.29 is 33.4 Å². The Morgan fingerprint density at radius 2 is 1.86 bits per heavy atom. The lowest BCUT2D eigenvalue weighted by molar-refractivity contribution is -0.123. The topological polar surface area (TPSA) is 108 Å². The van der Waals surface area contributed by atoms with Gasteiger partial charge in [0.25, 0.3) is 5.91 Å². The van der Waals surface area contributed by atoms with Gasteiger partial charge in [0.05, 0.1) is 17.7 Å². The second kappa shape index (κ2) is 9.01. The highest BCUT2D eigenvalue weighted by molar-refractivity contribution is 5.97. The first kappa shape index (κ1) is 20.1. The fourth-order valence-corrected chi connectivity index (χ4v) is 2.91. The van der Waals surface area contributed by atoms with E-state index in [1.54, 1.807) is 13.0 Å². The number of esters is 2. The van der Waals surface area contributed by atoms with Crippen molar-refractivity contribution in [1.82, 2.24) is 5.32 Å². The molecule has 2 aromatic rings. The molecule has 8 nitrogen and oxygen atoms in total. The number of alkyl carbamates (subject to hydrolysis) is 1. The number of hydrogen-bond donors (Lipinski definition) is 1. The molecule has 1 heterocycles. The average molecular weight is 397 g/mol. The molecular formula is C21H19NO7. The Kier molecular flexibility index (Phi) is 6.23. The first-order valence-electron chi connectivity index (χ1n) is 9.00. The molecule has 0 saturated heterocycles. The summed E-state index contributed by atoms with van der Waals surface area (Å²) in [7, 11) is 0.